The first-order valence-corrected chi connectivity index (χ1v) is 11.5. The van der Waals surface area contributed by atoms with Gasteiger partial charge in [0.05, 0.1) is 10.1 Å². The lowest BCUT2D eigenvalue weighted by molar-refractivity contribution is -0.115. The third-order valence-corrected chi connectivity index (χ3v) is 7.26. The summed E-state index contributed by atoms with van der Waals surface area (Å²) >= 11 is 3.16. The number of fused-ring (bicyclic) bond motifs is 1. The molecule has 2 aliphatic carbocycles. The van der Waals surface area contributed by atoms with Gasteiger partial charge in [-0.05, 0) is 73.7 Å². The normalized spacial score (nSPS) is 16.8. The van der Waals surface area contributed by atoms with Gasteiger partial charge < -0.3 is 5.32 Å². The molecule has 5 rings (SSSR count). The number of hydrogen-bond acceptors (Lipinski definition) is 5. The van der Waals surface area contributed by atoms with E-state index in [4.69, 9.17) is 0 Å². The summed E-state index contributed by atoms with van der Waals surface area (Å²) in [7, 11) is 0. The van der Waals surface area contributed by atoms with E-state index in [1.54, 1.807) is 11.3 Å². The van der Waals surface area contributed by atoms with Gasteiger partial charge in [-0.25, -0.2) is 0 Å². The fourth-order valence-electron chi connectivity index (χ4n) is 3.70. The van der Waals surface area contributed by atoms with Gasteiger partial charge in [0.25, 0.3) is 0 Å². The van der Waals surface area contributed by atoms with E-state index in [1.165, 1.54) is 29.3 Å². The number of amides is 1. The van der Waals surface area contributed by atoms with Crippen molar-refractivity contribution < 1.29 is 4.79 Å². The Morgan fingerprint density at radius 2 is 2.11 bits per heavy atom. The summed E-state index contributed by atoms with van der Waals surface area (Å²) in [6.07, 6.45) is 5.78. The van der Waals surface area contributed by atoms with Crippen LogP contribution in [0.4, 0.5) is 5.69 Å². The minimum absolute atomic E-state index is 0.00553. The molecular formula is C21H22N4OS2. The topological polar surface area (TPSA) is 59.8 Å². The van der Waals surface area contributed by atoms with E-state index in [1.807, 2.05) is 19.1 Å². The van der Waals surface area contributed by atoms with Crippen molar-refractivity contribution in [2.45, 2.75) is 55.5 Å². The minimum atomic E-state index is -0.244. The Balaban J connectivity index is 1.31. The number of thioether (sulfide) groups is 1. The van der Waals surface area contributed by atoms with Crippen molar-refractivity contribution in [2.24, 2.45) is 0 Å². The van der Waals surface area contributed by atoms with Crippen molar-refractivity contribution >= 4 is 34.7 Å². The molecule has 0 radical (unpaired) electrons. The van der Waals surface area contributed by atoms with E-state index in [9.17, 15) is 4.79 Å². The molecule has 0 bridgehead atoms. The fourth-order valence-corrected chi connectivity index (χ4v) is 5.32. The van der Waals surface area contributed by atoms with Crippen LogP contribution >= 0.6 is 23.1 Å². The zero-order chi connectivity index (χ0) is 19.1. The Morgan fingerprint density at radius 1 is 1.25 bits per heavy atom. The molecule has 0 saturated heterocycles. The van der Waals surface area contributed by atoms with Gasteiger partial charge in [-0.15, -0.1) is 21.5 Å². The Kier molecular flexibility index (Phi) is 4.72. The molecule has 1 aromatic carbocycles. The number of carbonyl (C=O) groups excluding carboxylic acids is 1. The molecule has 1 N–H and O–H groups in total. The lowest BCUT2D eigenvalue weighted by Crippen LogP contribution is -2.23. The molecule has 0 aliphatic heterocycles. The SMILES string of the molecule is C[C@@H](Sc1nnc(-c2cccs2)n1C1CC1)C(=O)Nc1ccc2c(c1)CCC2. The molecule has 1 atom stereocenters. The van der Waals surface area contributed by atoms with Gasteiger partial charge in [-0.1, -0.05) is 23.9 Å². The number of aryl methyl sites for hydroxylation is 2. The first-order valence-electron chi connectivity index (χ1n) is 9.77. The first kappa shape index (κ1) is 17.9. The van der Waals surface area contributed by atoms with Crippen molar-refractivity contribution in [3.63, 3.8) is 0 Å². The highest BCUT2D eigenvalue weighted by molar-refractivity contribution is 8.00. The molecule has 28 heavy (non-hydrogen) atoms. The van der Waals surface area contributed by atoms with Gasteiger partial charge in [-0.3, -0.25) is 9.36 Å². The standard InChI is InChI=1S/C21H22N4OS2/c1-13(20(26)22-16-8-7-14-4-2-5-15(14)12-16)28-21-24-23-19(18-6-3-11-27-18)25(21)17-9-10-17/h3,6-8,11-13,17H,2,4-5,9-10H2,1H3,(H,22,26)/t13-/m1/s1. The smallest absolute Gasteiger partial charge is 0.237 e. The molecule has 1 amide bonds. The number of benzene rings is 1. The molecule has 5 nitrogen and oxygen atoms in total. The Bertz CT molecular complexity index is 1010. The molecule has 7 heteroatoms. The zero-order valence-corrected chi connectivity index (χ0v) is 17.4. The van der Waals surface area contributed by atoms with Crippen molar-refractivity contribution in [3.8, 4) is 10.7 Å². The molecule has 2 aliphatic rings. The lowest BCUT2D eigenvalue weighted by Gasteiger charge is -2.14. The summed E-state index contributed by atoms with van der Waals surface area (Å²) < 4.78 is 2.22. The van der Waals surface area contributed by atoms with E-state index >= 15 is 0 Å². The molecule has 0 unspecified atom stereocenters. The van der Waals surface area contributed by atoms with Crippen LogP contribution in [0.5, 0.6) is 0 Å². The third-order valence-electron chi connectivity index (χ3n) is 5.34. The maximum Gasteiger partial charge on any atom is 0.237 e. The maximum absolute atomic E-state index is 12.8. The molecule has 1 saturated carbocycles. The van der Waals surface area contributed by atoms with Crippen LogP contribution in [0.15, 0.2) is 40.9 Å². The van der Waals surface area contributed by atoms with Crippen LogP contribution in [0, 0.1) is 0 Å². The van der Waals surface area contributed by atoms with Crippen molar-refractivity contribution in [1.82, 2.24) is 14.8 Å². The Labute approximate surface area is 172 Å². The van der Waals surface area contributed by atoms with Crippen LogP contribution in [0.3, 0.4) is 0 Å². The second kappa shape index (κ2) is 7.37. The number of rotatable bonds is 6. The largest absolute Gasteiger partial charge is 0.325 e. The summed E-state index contributed by atoms with van der Waals surface area (Å²) in [5.74, 6) is 0.928. The van der Waals surface area contributed by atoms with Gasteiger partial charge >= 0.3 is 0 Å². The number of carbonyl (C=O) groups is 1. The summed E-state index contributed by atoms with van der Waals surface area (Å²) in [6.45, 7) is 1.93. The molecule has 2 heterocycles. The highest BCUT2D eigenvalue weighted by Gasteiger charge is 2.31. The number of aromatic nitrogens is 3. The number of anilines is 1. The summed E-state index contributed by atoms with van der Waals surface area (Å²) in [6, 6.07) is 10.9. The molecule has 0 spiro atoms. The van der Waals surface area contributed by atoms with Crippen LogP contribution in [-0.4, -0.2) is 25.9 Å². The van der Waals surface area contributed by atoms with E-state index in [2.05, 4.69) is 43.7 Å². The molecular weight excluding hydrogens is 388 g/mol. The highest BCUT2D eigenvalue weighted by Crippen LogP contribution is 2.42. The number of nitrogens with one attached hydrogen (secondary N) is 1. The average Bonchev–Trinajstić information content (AvgIpc) is 3.11. The predicted molar refractivity (Wildman–Crippen MR) is 114 cm³/mol. The summed E-state index contributed by atoms with van der Waals surface area (Å²) in [5, 5.41) is 14.6. The van der Waals surface area contributed by atoms with E-state index in [0.29, 0.717) is 6.04 Å². The summed E-state index contributed by atoms with van der Waals surface area (Å²) in [4.78, 5) is 13.9. The minimum Gasteiger partial charge on any atom is -0.325 e. The van der Waals surface area contributed by atoms with Gasteiger partial charge in [0.15, 0.2) is 11.0 Å². The van der Waals surface area contributed by atoms with E-state index < -0.39 is 0 Å². The van der Waals surface area contributed by atoms with Crippen LogP contribution < -0.4 is 5.32 Å². The maximum atomic E-state index is 12.8. The van der Waals surface area contributed by atoms with Gasteiger partial charge in [0.2, 0.25) is 5.91 Å². The highest BCUT2D eigenvalue weighted by atomic mass is 32.2. The predicted octanol–water partition coefficient (Wildman–Crippen LogP) is 4.95. The summed E-state index contributed by atoms with van der Waals surface area (Å²) in [5.41, 5.74) is 3.67. The van der Waals surface area contributed by atoms with Crippen LogP contribution in [0.25, 0.3) is 10.7 Å². The number of hydrogen-bond donors (Lipinski definition) is 1. The van der Waals surface area contributed by atoms with Gasteiger partial charge in [0, 0.05) is 11.7 Å². The van der Waals surface area contributed by atoms with Crippen LogP contribution in [-0.2, 0) is 17.6 Å². The van der Waals surface area contributed by atoms with Crippen molar-refractivity contribution in [3.05, 3.63) is 46.8 Å². The average molecular weight is 411 g/mol. The molecule has 2 aromatic heterocycles. The Morgan fingerprint density at radius 3 is 2.89 bits per heavy atom. The molecule has 144 valence electrons. The van der Waals surface area contributed by atoms with E-state index in [-0.39, 0.29) is 11.2 Å². The number of thiophene rings is 1. The van der Waals surface area contributed by atoms with Crippen molar-refractivity contribution in [1.29, 1.82) is 0 Å². The first-order chi connectivity index (χ1) is 13.7. The molecule has 3 aromatic rings. The second-order valence-corrected chi connectivity index (χ2v) is 9.73. The van der Waals surface area contributed by atoms with E-state index in [0.717, 1.165) is 47.2 Å². The van der Waals surface area contributed by atoms with Crippen LogP contribution in [0.1, 0.15) is 43.4 Å². The molecule has 1 fully saturated rings. The van der Waals surface area contributed by atoms with Gasteiger partial charge in [-0.2, -0.15) is 0 Å². The fraction of sp³-hybridized carbons (Fsp3) is 0.381. The monoisotopic (exact) mass is 410 g/mol. The number of nitrogens with zero attached hydrogens (tertiary/aromatic N) is 3. The zero-order valence-electron chi connectivity index (χ0n) is 15.7. The van der Waals surface area contributed by atoms with Crippen LogP contribution in [0.2, 0.25) is 0 Å². The van der Waals surface area contributed by atoms with Gasteiger partial charge in [0.1, 0.15) is 0 Å². The quantitative estimate of drug-likeness (QED) is 0.584. The lowest BCUT2D eigenvalue weighted by atomic mass is 10.1. The Hall–Kier alpha value is -2.12. The second-order valence-electron chi connectivity index (χ2n) is 7.47. The van der Waals surface area contributed by atoms with Crippen molar-refractivity contribution in [2.75, 3.05) is 5.32 Å². The third kappa shape index (κ3) is 3.49.